The number of amides is 1. The van der Waals surface area contributed by atoms with Crippen LogP contribution in [-0.4, -0.2) is 34.4 Å². The number of nitro groups is 1. The molecule has 102 valence electrons. The molecule has 2 N–H and O–H groups in total. The number of benzene rings is 1. The number of hydrogen-bond donors (Lipinski definition) is 1. The average molecular weight is 263 g/mol. The summed E-state index contributed by atoms with van der Waals surface area (Å²) in [7, 11) is 0. The first-order valence-electron chi connectivity index (χ1n) is 6.24. The summed E-state index contributed by atoms with van der Waals surface area (Å²) in [5.41, 5.74) is 6.54. The van der Waals surface area contributed by atoms with Crippen molar-refractivity contribution in [2.24, 2.45) is 5.73 Å². The van der Waals surface area contributed by atoms with Gasteiger partial charge in [-0.05, 0) is 25.8 Å². The molecule has 0 radical (unpaired) electrons. The van der Waals surface area contributed by atoms with Crippen molar-refractivity contribution in [1.82, 2.24) is 4.90 Å². The molecule has 0 bridgehead atoms. The van der Waals surface area contributed by atoms with E-state index in [1.54, 1.807) is 24.0 Å². The molecule has 0 saturated carbocycles. The molecule has 1 aromatic rings. The molecule has 1 aliphatic rings. The lowest BCUT2D eigenvalue weighted by atomic mass is 10.0. The quantitative estimate of drug-likeness (QED) is 0.646. The lowest BCUT2D eigenvalue weighted by Crippen LogP contribution is -2.40. The molecule has 0 spiro atoms. The first-order chi connectivity index (χ1) is 8.93. The van der Waals surface area contributed by atoms with Crippen molar-refractivity contribution in [3.63, 3.8) is 0 Å². The minimum absolute atomic E-state index is 0.0629. The maximum atomic E-state index is 12.5. The number of hydrogen-bond acceptors (Lipinski definition) is 4. The molecule has 1 aromatic carbocycles. The predicted molar refractivity (Wildman–Crippen MR) is 70.9 cm³/mol. The summed E-state index contributed by atoms with van der Waals surface area (Å²) in [5.74, 6) is -0.301. The molecule has 1 heterocycles. The van der Waals surface area contributed by atoms with Gasteiger partial charge < -0.3 is 10.6 Å². The van der Waals surface area contributed by atoms with Gasteiger partial charge in [-0.3, -0.25) is 14.9 Å². The summed E-state index contributed by atoms with van der Waals surface area (Å²) in [4.78, 5) is 24.7. The lowest BCUT2D eigenvalue weighted by Gasteiger charge is -2.23. The smallest absolute Gasteiger partial charge is 0.282 e. The Hall–Kier alpha value is -1.95. The van der Waals surface area contributed by atoms with E-state index in [-0.39, 0.29) is 29.2 Å². The van der Waals surface area contributed by atoms with Crippen molar-refractivity contribution in [2.75, 3.05) is 6.54 Å². The minimum Gasteiger partial charge on any atom is -0.334 e. The van der Waals surface area contributed by atoms with Gasteiger partial charge in [0, 0.05) is 24.7 Å². The number of aryl methyl sites for hydroxylation is 1. The van der Waals surface area contributed by atoms with Crippen molar-refractivity contribution >= 4 is 11.6 Å². The molecule has 1 aliphatic heterocycles. The molecule has 6 nitrogen and oxygen atoms in total. The van der Waals surface area contributed by atoms with Crippen LogP contribution in [0.3, 0.4) is 0 Å². The molecular formula is C13H17N3O3. The summed E-state index contributed by atoms with van der Waals surface area (Å²) in [6.07, 6.45) is 0.729. The molecule has 6 heteroatoms. The van der Waals surface area contributed by atoms with Crippen LogP contribution in [-0.2, 0) is 0 Å². The molecule has 1 amide bonds. The van der Waals surface area contributed by atoms with Crippen LogP contribution in [0.15, 0.2) is 18.2 Å². The largest absolute Gasteiger partial charge is 0.334 e. The van der Waals surface area contributed by atoms with Gasteiger partial charge in [-0.2, -0.15) is 0 Å². The van der Waals surface area contributed by atoms with E-state index in [4.69, 9.17) is 5.73 Å². The highest BCUT2D eigenvalue weighted by Gasteiger charge is 2.35. The fraction of sp³-hybridized carbons (Fsp3) is 0.462. The fourth-order valence-electron chi connectivity index (χ4n) is 2.48. The Bertz CT molecular complexity index is 530. The van der Waals surface area contributed by atoms with E-state index < -0.39 is 4.92 Å². The number of nitrogens with zero attached hydrogens (tertiary/aromatic N) is 2. The molecule has 0 aromatic heterocycles. The standard InChI is InChI=1S/C13H17N3O3/c1-8-4-3-5-11(16(18)19)12(8)13(17)15-7-6-10(14)9(15)2/h3-5,9-10H,6-7,14H2,1-2H3. The first-order valence-corrected chi connectivity index (χ1v) is 6.24. The van der Waals surface area contributed by atoms with Crippen molar-refractivity contribution < 1.29 is 9.72 Å². The van der Waals surface area contributed by atoms with Crippen LogP contribution in [0.1, 0.15) is 29.3 Å². The van der Waals surface area contributed by atoms with Crippen molar-refractivity contribution in [3.05, 3.63) is 39.4 Å². The van der Waals surface area contributed by atoms with Crippen LogP contribution in [0.5, 0.6) is 0 Å². The molecule has 2 unspecified atom stereocenters. The zero-order valence-corrected chi connectivity index (χ0v) is 11.0. The Balaban J connectivity index is 2.42. The number of nitro benzene ring substituents is 1. The Labute approximate surface area is 111 Å². The Morgan fingerprint density at radius 3 is 2.74 bits per heavy atom. The molecule has 1 saturated heterocycles. The van der Waals surface area contributed by atoms with Crippen LogP contribution in [0.25, 0.3) is 0 Å². The minimum atomic E-state index is -0.513. The summed E-state index contributed by atoms with van der Waals surface area (Å²) in [6, 6.07) is 4.50. The second-order valence-corrected chi connectivity index (χ2v) is 4.92. The van der Waals surface area contributed by atoms with Gasteiger partial charge in [0.05, 0.1) is 4.92 Å². The Kier molecular flexibility index (Phi) is 3.53. The van der Waals surface area contributed by atoms with Gasteiger partial charge in [0.15, 0.2) is 0 Å². The van der Waals surface area contributed by atoms with Crippen molar-refractivity contribution in [3.8, 4) is 0 Å². The number of likely N-dealkylation sites (tertiary alicyclic amines) is 1. The third-order valence-electron chi connectivity index (χ3n) is 3.74. The van der Waals surface area contributed by atoms with Gasteiger partial charge in [0.1, 0.15) is 5.56 Å². The van der Waals surface area contributed by atoms with E-state index in [1.165, 1.54) is 6.07 Å². The maximum Gasteiger partial charge on any atom is 0.282 e. The number of carbonyl (C=O) groups is 1. The first kappa shape index (κ1) is 13.5. The molecule has 2 rings (SSSR count). The van der Waals surface area contributed by atoms with Crippen LogP contribution in [0.4, 0.5) is 5.69 Å². The van der Waals surface area contributed by atoms with E-state index >= 15 is 0 Å². The highest BCUT2D eigenvalue weighted by molar-refractivity contribution is 6.00. The van der Waals surface area contributed by atoms with Gasteiger partial charge in [-0.1, -0.05) is 12.1 Å². The van der Waals surface area contributed by atoms with Gasteiger partial charge >= 0.3 is 0 Å². The lowest BCUT2D eigenvalue weighted by molar-refractivity contribution is -0.385. The SMILES string of the molecule is Cc1cccc([N+](=O)[O-])c1C(=O)N1CCC(N)C1C. The van der Waals surface area contributed by atoms with Crippen LogP contribution in [0.2, 0.25) is 0 Å². The van der Waals surface area contributed by atoms with Gasteiger partial charge in [-0.25, -0.2) is 0 Å². The average Bonchev–Trinajstić information content (AvgIpc) is 2.69. The van der Waals surface area contributed by atoms with Gasteiger partial charge in [0.2, 0.25) is 0 Å². The second-order valence-electron chi connectivity index (χ2n) is 4.92. The van der Waals surface area contributed by atoms with Crippen LogP contribution >= 0.6 is 0 Å². The fourth-order valence-corrected chi connectivity index (χ4v) is 2.48. The topological polar surface area (TPSA) is 89.5 Å². The van der Waals surface area contributed by atoms with Crippen LogP contribution < -0.4 is 5.73 Å². The highest BCUT2D eigenvalue weighted by Crippen LogP contribution is 2.27. The molecule has 2 atom stereocenters. The predicted octanol–water partition coefficient (Wildman–Crippen LogP) is 1.46. The summed E-state index contributed by atoms with van der Waals surface area (Å²) in [6.45, 7) is 4.13. The number of carbonyl (C=O) groups excluding carboxylic acids is 1. The molecular weight excluding hydrogens is 246 g/mol. The Morgan fingerprint density at radius 1 is 1.53 bits per heavy atom. The summed E-state index contributed by atoms with van der Waals surface area (Å²) < 4.78 is 0. The summed E-state index contributed by atoms with van der Waals surface area (Å²) in [5, 5.41) is 11.0. The van der Waals surface area contributed by atoms with E-state index in [0.29, 0.717) is 12.1 Å². The van der Waals surface area contributed by atoms with E-state index in [9.17, 15) is 14.9 Å². The van der Waals surface area contributed by atoms with Gasteiger partial charge in [0.25, 0.3) is 11.6 Å². The third-order valence-corrected chi connectivity index (χ3v) is 3.74. The molecule has 1 fully saturated rings. The monoisotopic (exact) mass is 263 g/mol. The van der Waals surface area contributed by atoms with Crippen molar-refractivity contribution in [2.45, 2.75) is 32.4 Å². The third kappa shape index (κ3) is 2.31. The zero-order chi connectivity index (χ0) is 14.2. The van der Waals surface area contributed by atoms with E-state index in [2.05, 4.69) is 0 Å². The highest BCUT2D eigenvalue weighted by atomic mass is 16.6. The summed E-state index contributed by atoms with van der Waals surface area (Å²) >= 11 is 0. The molecule has 19 heavy (non-hydrogen) atoms. The van der Waals surface area contributed by atoms with Crippen molar-refractivity contribution in [1.29, 1.82) is 0 Å². The molecule has 0 aliphatic carbocycles. The van der Waals surface area contributed by atoms with Crippen LogP contribution in [0, 0.1) is 17.0 Å². The Morgan fingerprint density at radius 2 is 2.21 bits per heavy atom. The van der Waals surface area contributed by atoms with E-state index in [1.807, 2.05) is 6.92 Å². The normalized spacial score (nSPS) is 22.6. The van der Waals surface area contributed by atoms with E-state index in [0.717, 1.165) is 6.42 Å². The maximum absolute atomic E-state index is 12.5. The number of nitrogens with two attached hydrogens (primary N) is 1. The zero-order valence-electron chi connectivity index (χ0n) is 11.0. The number of rotatable bonds is 2. The second kappa shape index (κ2) is 4.97. The van der Waals surface area contributed by atoms with Gasteiger partial charge in [-0.15, -0.1) is 0 Å².